The summed E-state index contributed by atoms with van der Waals surface area (Å²) in [7, 11) is -3.31. The van der Waals surface area contributed by atoms with Crippen LogP contribution in [-0.2, 0) is 27.1 Å². The maximum atomic E-state index is 12.0. The van der Waals surface area contributed by atoms with E-state index >= 15 is 0 Å². The molecule has 0 aliphatic heterocycles. The second-order valence-electron chi connectivity index (χ2n) is 5.50. The molecule has 0 unspecified atom stereocenters. The summed E-state index contributed by atoms with van der Waals surface area (Å²) >= 11 is 0. The topological polar surface area (TPSA) is 81.4 Å². The van der Waals surface area contributed by atoms with Crippen LogP contribution in [-0.4, -0.2) is 28.2 Å². The molecule has 0 atom stereocenters. The normalized spacial score (nSPS) is 12.0. The molecule has 0 aromatic heterocycles. The smallest absolute Gasteiger partial charge is 0.215 e. The lowest BCUT2D eigenvalue weighted by molar-refractivity contribution is 0.108. The zero-order valence-corrected chi connectivity index (χ0v) is 13.7. The third-order valence-corrected chi connectivity index (χ3v) is 4.18. The summed E-state index contributed by atoms with van der Waals surface area (Å²) in [5.41, 5.74) is 7.24. The van der Waals surface area contributed by atoms with E-state index in [0.717, 1.165) is 11.1 Å². The van der Waals surface area contributed by atoms with Crippen molar-refractivity contribution >= 4 is 10.0 Å². The monoisotopic (exact) mass is 314 g/mol. The van der Waals surface area contributed by atoms with E-state index in [1.807, 2.05) is 18.2 Å². The molecule has 5 nitrogen and oxygen atoms in total. The molecule has 6 heteroatoms. The number of hydrogen-bond donors (Lipinski definition) is 2. The molecule has 1 aromatic carbocycles. The van der Waals surface area contributed by atoms with Gasteiger partial charge >= 0.3 is 0 Å². The van der Waals surface area contributed by atoms with Gasteiger partial charge in [-0.3, -0.25) is 0 Å². The molecule has 120 valence electrons. The van der Waals surface area contributed by atoms with Gasteiger partial charge in [-0.05, 0) is 23.5 Å². The Morgan fingerprint density at radius 2 is 2.00 bits per heavy atom. The number of rotatable bonds is 10. The van der Waals surface area contributed by atoms with Crippen LogP contribution in [0.1, 0.15) is 31.4 Å². The van der Waals surface area contributed by atoms with Crippen LogP contribution >= 0.6 is 0 Å². The van der Waals surface area contributed by atoms with Gasteiger partial charge in [-0.15, -0.1) is 0 Å². The molecule has 1 aromatic rings. The quantitative estimate of drug-likeness (QED) is 0.643. The van der Waals surface area contributed by atoms with Crippen LogP contribution in [0.2, 0.25) is 0 Å². The van der Waals surface area contributed by atoms with E-state index in [-0.39, 0.29) is 5.75 Å². The van der Waals surface area contributed by atoms with E-state index in [4.69, 9.17) is 10.5 Å². The van der Waals surface area contributed by atoms with Crippen LogP contribution in [0.15, 0.2) is 24.3 Å². The predicted molar refractivity (Wildman–Crippen MR) is 85.2 cm³/mol. The maximum absolute atomic E-state index is 12.0. The third kappa shape index (κ3) is 8.16. The van der Waals surface area contributed by atoms with Gasteiger partial charge in [0.15, 0.2) is 0 Å². The molecule has 21 heavy (non-hydrogen) atoms. The van der Waals surface area contributed by atoms with Crippen molar-refractivity contribution in [3.63, 3.8) is 0 Å². The van der Waals surface area contributed by atoms with Gasteiger partial charge < -0.3 is 10.5 Å². The SMILES string of the molecule is CC(C)COCCCNS(=O)(=O)Cc1cccc(CN)c1. The Hall–Kier alpha value is -0.950. The van der Waals surface area contributed by atoms with E-state index < -0.39 is 10.0 Å². The number of hydrogen-bond acceptors (Lipinski definition) is 4. The summed E-state index contributed by atoms with van der Waals surface area (Å²) in [4.78, 5) is 0. The average Bonchev–Trinajstić information content (AvgIpc) is 2.42. The summed E-state index contributed by atoms with van der Waals surface area (Å²) in [6.07, 6.45) is 0.675. The van der Waals surface area contributed by atoms with Crippen LogP contribution in [0.25, 0.3) is 0 Å². The minimum absolute atomic E-state index is 0.0201. The second-order valence-corrected chi connectivity index (χ2v) is 7.31. The molecule has 0 radical (unpaired) electrons. The Morgan fingerprint density at radius 1 is 1.29 bits per heavy atom. The van der Waals surface area contributed by atoms with Crippen LogP contribution < -0.4 is 10.5 Å². The van der Waals surface area contributed by atoms with Gasteiger partial charge in [0.2, 0.25) is 10.0 Å². The van der Waals surface area contributed by atoms with Crippen LogP contribution in [0.5, 0.6) is 0 Å². The summed E-state index contributed by atoms with van der Waals surface area (Å²) in [5, 5.41) is 0. The number of nitrogens with one attached hydrogen (secondary N) is 1. The lowest BCUT2D eigenvalue weighted by Crippen LogP contribution is -2.27. The highest BCUT2D eigenvalue weighted by molar-refractivity contribution is 7.88. The van der Waals surface area contributed by atoms with Crippen molar-refractivity contribution < 1.29 is 13.2 Å². The van der Waals surface area contributed by atoms with Gasteiger partial charge in [-0.25, -0.2) is 13.1 Å². The predicted octanol–water partition coefficient (Wildman–Crippen LogP) is 1.63. The molecule has 1 rings (SSSR count). The molecule has 0 saturated carbocycles. The zero-order valence-electron chi connectivity index (χ0n) is 12.8. The summed E-state index contributed by atoms with van der Waals surface area (Å²) < 4.78 is 31.9. The van der Waals surface area contributed by atoms with Crippen molar-refractivity contribution in [3.8, 4) is 0 Å². The van der Waals surface area contributed by atoms with Gasteiger partial charge in [0.05, 0.1) is 5.75 Å². The van der Waals surface area contributed by atoms with Crippen molar-refractivity contribution in [2.45, 2.75) is 32.6 Å². The minimum atomic E-state index is -3.31. The van der Waals surface area contributed by atoms with Crippen LogP contribution in [0.4, 0.5) is 0 Å². The molecular formula is C15H26N2O3S. The summed E-state index contributed by atoms with van der Waals surface area (Å²) in [5.74, 6) is 0.477. The average molecular weight is 314 g/mol. The van der Waals surface area contributed by atoms with Gasteiger partial charge in [0.1, 0.15) is 0 Å². The molecule has 3 N–H and O–H groups in total. The van der Waals surface area contributed by atoms with Gasteiger partial charge in [-0.2, -0.15) is 0 Å². The molecule has 0 fully saturated rings. The Bertz CT molecular complexity index is 515. The number of sulfonamides is 1. The van der Waals surface area contributed by atoms with E-state index in [9.17, 15) is 8.42 Å². The van der Waals surface area contributed by atoms with Crippen molar-refractivity contribution in [2.24, 2.45) is 11.7 Å². The highest BCUT2D eigenvalue weighted by atomic mass is 32.2. The largest absolute Gasteiger partial charge is 0.381 e. The van der Waals surface area contributed by atoms with Crippen LogP contribution in [0, 0.1) is 5.92 Å². The minimum Gasteiger partial charge on any atom is -0.381 e. The summed E-state index contributed by atoms with van der Waals surface area (Å²) in [6, 6.07) is 7.33. The van der Waals surface area contributed by atoms with Gasteiger partial charge in [-0.1, -0.05) is 38.1 Å². The number of nitrogens with two attached hydrogens (primary N) is 1. The highest BCUT2D eigenvalue weighted by Gasteiger charge is 2.11. The fourth-order valence-electron chi connectivity index (χ4n) is 1.84. The maximum Gasteiger partial charge on any atom is 0.215 e. The summed E-state index contributed by atoms with van der Waals surface area (Å²) in [6.45, 7) is 6.25. The van der Waals surface area contributed by atoms with Gasteiger partial charge in [0.25, 0.3) is 0 Å². The van der Waals surface area contributed by atoms with Gasteiger partial charge in [0, 0.05) is 26.3 Å². The van der Waals surface area contributed by atoms with Crippen molar-refractivity contribution in [2.75, 3.05) is 19.8 Å². The van der Waals surface area contributed by atoms with Crippen molar-refractivity contribution in [1.82, 2.24) is 4.72 Å². The number of ether oxygens (including phenoxy) is 1. The lowest BCUT2D eigenvalue weighted by atomic mass is 10.1. The first-order chi connectivity index (χ1) is 9.93. The Kier molecular flexibility index (Phi) is 7.88. The molecule has 0 saturated heterocycles. The Labute approximate surface area is 127 Å². The molecule has 0 bridgehead atoms. The van der Waals surface area contributed by atoms with E-state index in [1.165, 1.54) is 0 Å². The Balaban J connectivity index is 2.33. The molecular weight excluding hydrogens is 288 g/mol. The van der Waals surface area contributed by atoms with E-state index in [1.54, 1.807) is 6.07 Å². The third-order valence-electron chi connectivity index (χ3n) is 2.82. The first kappa shape index (κ1) is 18.1. The molecule has 0 amide bonds. The van der Waals surface area contributed by atoms with Crippen molar-refractivity contribution in [3.05, 3.63) is 35.4 Å². The molecule has 0 spiro atoms. The van der Waals surface area contributed by atoms with E-state index in [0.29, 0.717) is 38.6 Å². The first-order valence-electron chi connectivity index (χ1n) is 7.26. The van der Waals surface area contributed by atoms with Crippen molar-refractivity contribution in [1.29, 1.82) is 0 Å². The fourth-order valence-corrected chi connectivity index (χ4v) is 3.01. The first-order valence-corrected chi connectivity index (χ1v) is 8.91. The molecule has 0 heterocycles. The fraction of sp³-hybridized carbons (Fsp3) is 0.600. The number of benzene rings is 1. The lowest BCUT2D eigenvalue weighted by Gasteiger charge is -2.09. The molecule has 0 aliphatic carbocycles. The second kappa shape index (κ2) is 9.15. The Morgan fingerprint density at radius 3 is 2.67 bits per heavy atom. The molecule has 0 aliphatic rings. The van der Waals surface area contributed by atoms with Crippen LogP contribution in [0.3, 0.4) is 0 Å². The highest BCUT2D eigenvalue weighted by Crippen LogP contribution is 2.08. The standard InChI is InChI=1S/C15H26N2O3S/c1-13(2)11-20-8-4-7-17-21(18,19)12-15-6-3-5-14(9-15)10-16/h3,5-6,9,13,17H,4,7-8,10-12,16H2,1-2H3. The zero-order chi connectivity index (χ0) is 15.7. The van der Waals surface area contributed by atoms with E-state index in [2.05, 4.69) is 18.6 Å².